The molecule has 3 amide bonds. The number of ether oxygens (including phenoxy) is 1. The number of nitrogens with one attached hydrogen (secondary N) is 1. The predicted octanol–water partition coefficient (Wildman–Crippen LogP) is 4.61. The second-order valence-electron chi connectivity index (χ2n) is 11.1. The van der Waals surface area contributed by atoms with Crippen molar-refractivity contribution in [2.24, 2.45) is 0 Å². The van der Waals surface area contributed by atoms with Crippen molar-refractivity contribution in [1.29, 1.82) is 0 Å². The quantitative estimate of drug-likeness (QED) is 0.527. The molecule has 0 saturated carbocycles. The van der Waals surface area contributed by atoms with Crippen molar-refractivity contribution in [3.63, 3.8) is 0 Å². The number of rotatable bonds is 2. The third-order valence-electron chi connectivity index (χ3n) is 6.87. The molecule has 2 atom stereocenters. The van der Waals surface area contributed by atoms with E-state index >= 15 is 0 Å². The first-order chi connectivity index (χ1) is 17.9. The SMILES string of the molecule is Cc1cc2cc(NC(=O)N3CCc4c(N5C[C@@H](C)N(C(=O)OC(C)(C)C)[C@@H](C)C5)ccnc43)c(F)cn2n1. The highest BCUT2D eigenvalue weighted by molar-refractivity contribution is 6.03. The molecule has 0 aliphatic carbocycles. The maximum absolute atomic E-state index is 14.7. The maximum atomic E-state index is 14.7. The molecule has 5 heterocycles. The highest BCUT2D eigenvalue weighted by Gasteiger charge is 2.37. The summed E-state index contributed by atoms with van der Waals surface area (Å²) in [4.78, 5) is 36.1. The standard InChI is InChI=1S/C27H34FN7O3/c1-16-11-19-12-22(21(28)15-34(19)31-16)30-25(36)33-10-8-20-23(7-9-29-24(20)33)32-13-17(2)35(18(3)14-32)26(37)38-27(4,5)6/h7,9,11-12,15,17-18H,8,10,13-14H2,1-6H3,(H,30,36)/t17-,18+. The number of urea groups is 1. The monoisotopic (exact) mass is 523 g/mol. The van der Waals surface area contributed by atoms with E-state index in [9.17, 15) is 14.0 Å². The van der Waals surface area contributed by atoms with E-state index in [0.717, 1.165) is 16.9 Å². The van der Waals surface area contributed by atoms with Crippen LogP contribution in [0.5, 0.6) is 0 Å². The Morgan fingerprint density at radius 3 is 2.55 bits per heavy atom. The average Bonchev–Trinajstić information content (AvgIpc) is 3.39. The van der Waals surface area contributed by atoms with Gasteiger partial charge in [0, 0.05) is 37.1 Å². The Kier molecular flexibility index (Phi) is 6.40. The number of fused-ring (bicyclic) bond motifs is 2. The minimum absolute atomic E-state index is 0.0664. The van der Waals surface area contributed by atoms with Gasteiger partial charge in [-0.15, -0.1) is 0 Å². The first kappa shape index (κ1) is 25.7. The van der Waals surface area contributed by atoms with Crippen molar-refractivity contribution >= 4 is 34.8 Å². The molecule has 1 saturated heterocycles. The molecule has 1 N–H and O–H groups in total. The smallest absolute Gasteiger partial charge is 0.410 e. The van der Waals surface area contributed by atoms with Crippen LogP contribution < -0.4 is 15.1 Å². The number of carbonyl (C=O) groups is 2. The molecule has 11 heteroatoms. The second-order valence-corrected chi connectivity index (χ2v) is 11.1. The maximum Gasteiger partial charge on any atom is 0.410 e. The molecule has 2 aliphatic heterocycles. The second kappa shape index (κ2) is 9.45. The minimum atomic E-state index is -0.569. The van der Waals surface area contributed by atoms with Gasteiger partial charge in [0.2, 0.25) is 0 Å². The first-order valence-corrected chi connectivity index (χ1v) is 12.9. The van der Waals surface area contributed by atoms with Crippen LogP contribution in [-0.4, -0.2) is 68.9 Å². The lowest BCUT2D eigenvalue weighted by Gasteiger charge is -2.45. The number of nitrogens with zero attached hydrogens (tertiary/aromatic N) is 6. The van der Waals surface area contributed by atoms with Gasteiger partial charge in [0.25, 0.3) is 0 Å². The zero-order valence-electron chi connectivity index (χ0n) is 22.7. The minimum Gasteiger partial charge on any atom is -0.444 e. The molecule has 0 unspecified atom stereocenters. The van der Waals surface area contributed by atoms with E-state index in [1.165, 1.54) is 10.7 Å². The van der Waals surface area contributed by atoms with Crippen LogP contribution in [0.15, 0.2) is 30.6 Å². The van der Waals surface area contributed by atoms with Gasteiger partial charge in [0.1, 0.15) is 11.4 Å². The molecule has 0 spiro atoms. The molecular formula is C27H34FN7O3. The van der Waals surface area contributed by atoms with Crippen LogP contribution in [0.3, 0.4) is 0 Å². The van der Waals surface area contributed by atoms with Crippen LogP contribution in [0.4, 0.5) is 31.2 Å². The van der Waals surface area contributed by atoms with Crippen LogP contribution >= 0.6 is 0 Å². The van der Waals surface area contributed by atoms with Gasteiger partial charge >= 0.3 is 12.1 Å². The fourth-order valence-electron chi connectivity index (χ4n) is 5.38. The van der Waals surface area contributed by atoms with Gasteiger partial charge in [-0.05, 0) is 66.2 Å². The Hall–Kier alpha value is -3.89. The van der Waals surface area contributed by atoms with Crippen molar-refractivity contribution in [2.75, 3.05) is 34.8 Å². The summed E-state index contributed by atoms with van der Waals surface area (Å²) in [6.45, 7) is 13.1. The zero-order valence-corrected chi connectivity index (χ0v) is 22.7. The molecule has 10 nitrogen and oxygen atoms in total. The number of aryl methyl sites for hydroxylation is 1. The van der Waals surface area contributed by atoms with Crippen LogP contribution in [0, 0.1) is 12.7 Å². The Balaban J connectivity index is 1.33. The number of amides is 3. The van der Waals surface area contributed by atoms with Crippen LogP contribution in [-0.2, 0) is 11.2 Å². The molecule has 3 aromatic rings. The van der Waals surface area contributed by atoms with Crippen molar-refractivity contribution in [3.05, 3.63) is 47.7 Å². The number of halogens is 1. The molecule has 2 aliphatic rings. The van der Waals surface area contributed by atoms with Crippen LogP contribution in [0.25, 0.3) is 5.52 Å². The lowest BCUT2D eigenvalue weighted by atomic mass is 10.1. The largest absolute Gasteiger partial charge is 0.444 e. The number of aromatic nitrogens is 3. The third kappa shape index (κ3) is 4.84. The van der Waals surface area contributed by atoms with Gasteiger partial charge in [0.05, 0.1) is 35.2 Å². The lowest BCUT2D eigenvalue weighted by molar-refractivity contribution is 0.00565. The van der Waals surface area contributed by atoms with Gasteiger partial charge in [-0.1, -0.05) is 0 Å². The highest BCUT2D eigenvalue weighted by Crippen LogP contribution is 2.36. The molecule has 202 valence electrons. The number of hydrogen-bond acceptors (Lipinski definition) is 6. The predicted molar refractivity (Wildman–Crippen MR) is 143 cm³/mol. The summed E-state index contributed by atoms with van der Waals surface area (Å²) in [7, 11) is 0. The van der Waals surface area contributed by atoms with E-state index in [0.29, 0.717) is 37.4 Å². The first-order valence-electron chi connectivity index (χ1n) is 12.9. The van der Waals surface area contributed by atoms with Crippen molar-refractivity contribution in [1.82, 2.24) is 19.5 Å². The summed E-state index contributed by atoms with van der Waals surface area (Å²) in [5.41, 5.74) is 2.94. The lowest BCUT2D eigenvalue weighted by Crippen LogP contribution is -2.59. The third-order valence-corrected chi connectivity index (χ3v) is 6.87. The Bertz CT molecular complexity index is 1390. The Labute approximate surface area is 221 Å². The number of hydrogen-bond donors (Lipinski definition) is 1. The van der Waals surface area contributed by atoms with E-state index in [-0.39, 0.29) is 23.9 Å². The van der Waals surface area contributed by atoms with E-state index < -0.39 is 17.4 Å². The van der Waals surface area contributed by atoms with Gasteiger partial charge in [0.15, 0.2) is 5.82 Å². The summed E-state index contributed by atoms with van der Waals surface area (Å²) in [5, 5.41) is 6.91. The van der Waals surface area contributed by atoms with E-state index in [2.05, 4.69) is 20.3 Å². The van der Waals surface area contributed by atoms with Gasteiger partial charge < -0.3 is 15.0 Å². The van der Waals surface area contributed by atoms with Gasteiger partial charge in [-0.2, -0.15) is 5.10 Å². The summed E-state index contributed by atoms with van der Waals surface area (Å²) in [6, 6.07) is 4.77. The average molecular weight is 524 g/mol. The summed E-state index contributed by atoms with van der Waals surface area (Å²) < 4.78 is 21.8. The Morgan fingerprint density at radius 2 is 1.87 bits per heavy atom. The summed E-state index contributed by atoms with van der Waals surface area (Å²) in [6.07, 6.45) is 3.27. The van der Waals surface area contributed by atoms with Crippen LogP contribution in [0.1, 0.15) is 45.9 Å². The van der Waals surface area contributed by atoms with Crippen molar-refractivity contribution in [2.45, 2.75) is 65.6 Å². The van der Waals surface area contributed by atoms with Crippen LogP contribution in [0.2, 0.25) is 0 Å². The molecule has 1 fully saturated rings. The molecule has 0 aromatic carbocycles. The molecule has 5 rings (SSSR count). The molecule has 0 radical (unpaired) electrons. The fraction of sp³-hybridized carbons (Fsp3) is 0.481. The molecule has 38 heavy (non-hydrogen) atoms. The molecule has 0 bridgehead atoms. The Morgan fingerprint density at radius 1 is 1.16 bits per heavy atom. The number of carbonyl (C=O) groups excluding carboxylic acids is 2. The van der Waals surface area contributed by atoms with E-state index in [1.54, 1.807) is 22.1 Å². The summed E-state index contributed by atoms with van der Waals surface area (Å²) in [5.74, 6) is -0.00234. The normalized spacial score (nSPS) is 19.6. The van der Waals surface area contributed by atoms with Crippen molar-refractivity contribution < 1.29 is 18.7 Å². The van der Waals surface area contributed by atoms with E-state index in [4.69, 9.17) is 4.74 Å². The number of anilines is 3. The zero-order chi connectivity index (χ0) is 27.4. The highest BCUT2D eigenvalue weighted by atomic mass is 19.1. The van der Waals surface area contributed by atoms with Gasteiger partial charge in [-0.3, -0.25) is 9.80 Å². The fourth-order valence-corrected chi connectivity index (χ4v) is 5.38. The van der Waals surface area contributed by atoms with Gasteiger partial charge in [-0.25, -0.2) is 23.5 Å². The topological polar surface area (TPSA) is 95.3 Å². The molecule has 3 aromatic heterocycles. The number of pyridine rings is 2. The molecular weight excluding hydrogens is 489 g/mol. The number of piperazine rings is 1. The van der Waals surface area contributed by atoms with Crippen molar-refractivity contribution in [3.8, 4) is 0 Å². The summed E-state index contributed by atoms with van der Waals surface area (Å²) >= 11 is 0. The van der Waals surface area contributed by atoms with E-state index in [1.807, 2.05) is 53.7 Å².